The van der Waals surface area contributed by atoms with Crippen LogP contribution in [0.4, 0.5) is 0 Å². The number of carbonyl (C=O) groups excluding carboxylic acids is 1. The molecule has 0 spiro atoms. The molecule has 0 radical (unpaired) electrons. The lowest BCUT2D eigenvalue weighted by Gasteiger charge is -2.11. The van der Waals surface area contributed by atoms with Crippen LogP contribution in [0, 0.1) is 0 Å². The number of hydrogen-bond donors (Lipinski definition) is 1. The van der Waals surface area contributed by atoms with Crippen molar-refractivity contribution in [3.05, 3.63) is 30.0 Å². The number of nitrogens with zero attached hydrogens (tertiary/aromatic N) is 2. The Bertz CT molecular complexity index is 796. The zero-order valence-corrected chi connectivity index (χ0v) is 13.0. The first kappa shape index (κ1) is 16.2. The third kappa shape index (κ3) is 3.02. The molecule has 0 aliphatic heterocycles. The van der Waals surface area contributed by atoms with Gasteiger partial charge in [0.15, 0.2) is 16.1 Å². The van der Waals surface area contributed by atoms with E-state index in [1.54, 1.807) is 19.2 Å². The van der Waals surface area contributed by atoms with Gasteiger partial charge in [-0.3, -0.25) is 9.48 Å². The predicted molar refractivity (Wildman–Crippen MR) is 79.7 cm³/mol. The Morgan fingerprint density at radius 3 is 2.64 bits per heavy atom. The molecule has 1 aromatic heterocycles. The van der Waals surface area contributed by atoms with Gasteiger partial charge in [0.1, 0.15) is 16.3 Å². The molecule has 0 saturated heterocycles. The monoisotopic (exact) mass is 324 g/mol. The largest absolute Gasteiger partial charge is 0.495 e. The number of ether oxygens (including phenoxy) is 1. The second-order valence-corrected chi connectivity index (χ2v) is 6.68. The number of methoxy groups -OCH3 is 1. The van der Waals surface area contributed by atoms with E-state index in [4.69, 9.17) is 9.84 Å². The van der Waals surface area contributed by atoms with Gasteiger partial charge in [0.05, 0.1) is 25.2 Å². The summed E-state index contributed by atoms with van der Waals surface area (Å²) in [4.78, 5) is 10.8. The lowest BCUT2D eigenvalue weighted by Crippen LogP contribution is -2.11. The summed E-state index contributed by atoms with van der Waals surface area (Å²) < 4.78 is 31.0. The van der Waals surface area contributed by atoms with Crippen LogP contribution in [0.1, 0.15) is 10.5 Å². The van der Waals surface area contributed by atoms with Crippen molar-refractivity contribution in [1.82, 2.24) is 9.78 Å². The molecule has 22 heavy (non-hydrogen) atoms. The van der Waals surface area contributed by atoms with E-state index in [0.29, 0.717) is 17.5 Å². The summed E-state index contributed by atoms with van der Waals surface area (Å²) in [6.45, 7) is -0.475. The van der Waals surface area contributed by atoms with Crippen molar-refractivity contribution in [2.45, 2.75) is 4.90 Å². The topological polar surface area (TPSA) is 98.5 Å². The lowest BCUT2D eigenvalue weighted by atomic mass is 10.1. The number of carbonyl (C=O) groups is 1. The smallest absolute Gasteiger partial charge is 0.184 e. The maximum atomic E-state index is 12.2. The second kappa shape index (κ2) is 6.29. The third-order valence-electron chi connectivity index (χ3n) is 3.17. The number of aromatic nitrogens is 2. The second-order valence-electron chi connectivity index (χ2n) is 4.60. The molecule has 7 nitrogen and oxygen atoms in total. The van der Waals surface area contributed by atoms with Crippen LogP contribution in [0.3, 0.4) is 0 Å². The van der Waals surface area contributed by atoms with Crippen LogP contribution in [0.15, 0.2) is 29.2 Å². The molecule has 0 saturated carbocycles. The highest BCUT2D eigenvalue weighted by atomic mass is 32.2. The number of aliphatic hydroxyl groups is 1. The molecule has 2 rings (SSSR count). The van der Waals surface area contributed by atoms with E-state index in [1.807, 2.05) is 0 Å². The molecule has 0 atom stereocenters. The molecule has 0 fully saturated rings. The van der Waals surface area contributed by atoms with Gasteiger partial charge in [0, 0.05) is 12.6 Å². The van der Waals surface area contributed by atoms with Crippen LogP contribution >= 0.6 is 0 Å². The van der Waals surface area contributed by atoms with Crippen molar-refractivity contribution >= 4 is 16.1 Å². The molecule has 118 valence electrons. The number of aliphatic hydroxyl groups excluding tert-OH is 1. The van der Waals surface area contributed by atoms with E-state index in [0.717, 1.165) is 0 Å². The zero-order chi connectivity index (χ0) is 16.3. The van der Waals surface area contributed by atoms with Gasteiger partial charge in [0.2, 0.25) is 0 Å². The van der Waals surface area contributed by atoms with Gasteiger partial charge < -0.3 is 9.84 Å². The van der Waals surface area contributed by atoms with E-state index >= 15 is 0 Å². The molecule has 1 aromatic carbocycles. The molecule has 0 aliphatic rings. The highest BCUT2D eigenvalue weighted by Gasteiger charge is 2.21. The van der Waals surface area contributed by atoms with Crippen LogP contribution in [0.2, 0.25) is 0 Å². The van der Waals surface area contributed by atoms with Crippen LogP contribution in [-0.4, -0.2) is 49.1 Å². The Labute approximate surface area is 128 Å². The molecule has 8 heteroatoms. The van der Waals surface area contributed by atoms with E-state index < -0.39 is 22.2 Å². The first-order valence-corrected chi connectivity index (χ1v) is 8.09. The van der Waals surface area contributed by atoms with Crippen molar-refractivity contribution in [3.63, 3.8) is 0 Å². The van der Waals surface area contributed by atoms with Crippen LogP contribution < -0.4 is 4.74 Å². The first-order chi connectivity index (χ1) is 10.4. The summed E-state index contributed by atoms with van der Waals surface area (Å²) in [7, 11) is -0.632. The Morgan fingerprint density at radius 1 is 1.36 bits per heavy atom. The fraction of sp³-hybridized carbons (Fsp3) is 0.286. The Balaban J connectivity index is 2.60. The van der Waals surface area contributed by atoms with Crippen molar-refractivity contribution in [2.75, 3.05) is 19.5 Å². The van der Waals surface area contributed by atoms with Crippen molar-refractivity contribution < 1.29 is 23.1 Å². The maximum absolute atomic E-state index is 12.2. The number of hydrogen-bond acceptors (Lipinski definition) is 6. The van der Waals surface area contributed by atoms with Gasteiger partial charge in [-0.05, 0) is 24.3 Å². The van der Waals surface area contributed by atoms with Gasteiger partial charge in [-0.15, -0.1) is 0 Å². The average Bonchev–Trinajstić information content (AvgIpc) is 2.87. The van der Waals surface area contributed by atoms with Crippen LogP contribution in [0.25, 0.3) is 11.3 Å². The Kier molecular flexibility index (Phi) is 4.62. The fourth-order valence-corrected chi connectivity index (χ4v) is 3.35. The summed E-state index contributed by atoms with van der Waals surface area (Å²) >= 11 is 0. The van der Waals surface area contributed by atoms with Crippen molar-refractivity contribution in [2.24, 2.45) is 7.05 Å². The number of aldehydes is 1. The standard InChI is InChI=1S/C14H16N2O5S/c1-16-12(8-11(9-18)15-16)10-3-4-13(21-2)14(7-10)22(19,20)6-5-17/h3-4,7-9,17H,5-6H2,1-2H3. The third-order valence-corrected chi connectivity index (χ3v) is 4.88. The Morgan fingerprint density at radius 2 is 2.09 bits per heavy atom. The van der Waals surface area contributed by atoms with E-state index in [1.165, 1.54) is 23.9 Å². The highest BCUT2D eigenvalue weighted by molar-refractivity contribution is 7.91. The van der Waals surface area contributed by atoms with Crippen LogP contribution in [-0.2, 0) is 16.9 Å². The average molecular weight is 324 g/mol. The molecule has 0 bridgehead atoms. The summed E-state index contributed by atoms with van der Waals surface area (Å²) in [6, 6.07) is 6.24. The number of sulfone groups is 1. The normalized spacial score (nSPS) is 11.4. The SMILES string of the molecule is COc1ccc(-c2cc(C=O)nn2C)cc1S(=O)(=O)CCO. The highest BCUT2D eigenvalue weighted by Crippen LogP contribution is 2.30. The van der Waals surface area contributed by atoms with E-state index in [2.05, 4.69) is 5.10 Å². The fourth-order valence-electron chi connectivity index (χ4n) is 2.13. The molecule has 2 aromatic rings. The summed E-state index contributed by atoms with van der Waals surface area (Å²) in [5, 5.41) is 12.9. The minimum absolute atomic E-state index is 0.00426. The van der Waals surface area contributed by atoms with Crippen molar-refractivity contribution in [1.29, 1.82) is 0 Å². The molecular weight excluding hydrogens is 308 g/mol. The quantitative estimate of drug-likeness (QED) is 0.784. The number of benzene rings is 1. The van der Waals surface area contributed by atoms with Gasteiger partial charge in [-0.25, -0.2) is 8.42 Å². The Hall–Kier alpha value is -2.19. The van der Waals surface area contributed by atoms with Gasteiger partial charge in [-0.2, -0.15) is 5.10 Å². The van der Waals surface area contributed by atoms with E-state index in [9.17, 15) is 13.2 Å². The first-order valence-electron chi connectivity index (χ1n) is 6.44. The summed E-state index contributed by atoms with van der Waals surface area (Å²) in [6.07, 6.45) is 0.621. The molecule has 0 amide bonds. The van der Waals surface area contributed by atoms with Crippen LogP contribution in [0.5, 0.6) is 5.75 Å². The molecule has 0 unspecified atom stereocenters. The van der Waals surface area contributed by atoms with Gasteiger partial charge >= 0.3 is 0 Å². The lowest BCUT2D eigenvalue weighted by molar-refractivity contribution is 0.111. The summed E-state index contributed by atoms with van der Waals surface area (Å²) in [5.74, 6) is -0.187. The van der Waals surface area contributed by atoms with Gasteiger partial charge in [-0.1, -0.05) is 0 Å². The molecule has 0 aliphatic carbocycles. The number of aryl methyl sites for hydroxylation is 1. The van der Waals surface area contributed by atoms with Crippen molar-refractivity contribution in [3.8, 4) is 17.0 Å². The maximum Gasteiger partial charge on any atom is 0.184 e. The minimum atomic E-state index is -3.67. The number of rotatable bonds is 6. The van der Waals surface area contributed by atoms with Gasteiger partial charge in [0.25, 0.3) is 0 Å². The minimum Gasteiger partial charge on any atom is -0.495 e. The molecule has 1 heterocycles. The molecular formula is C14H16N2O5S. The summed E-state index contributed by atoms with van der Waals surface area (Å²) in [5.41, 5.74) is 1.44. The molecule has 1 N–H and O–H groups in total. The predicted octanol–water partition coefficient (Wildman–Crippen LogP) is 0.674. The zero-order valence-electron chi connectivity index (χ0n) is 12.2. The van der Waals surface area contributed by atoms with E-state index in [-0.39, 0.29) is 16.3 Å².